The van der Waals surface area contributed by atoms with Crippen molar-refractivity contribution in [2.24, 2.45) is 0 Å². The first-order valence-corrected chi connectivity index (χ1v) is 5.27. The molecule has 3 nitrogen and oxygen atoms in total. The van der Waals surface area contributed by atoms with E-state index in [1.165, 1.54) is 0 Å². The number of nitrogens with zero attached hydrogens (tertiary/aromatic N) is 1. The van der Waals surface area contributed by atoms with Crippen molar-refractivity contribution in [3.8, 4) is 0 Å². The fourth-order valence-electron chi connectivity index (χ4n) is 1.28. The standard InChI is InChI=1S/C12H21N3/c1-9-6-5-7-11(12(9)13)14-8-10(2)15(3)4/h5-7,10,14H,8,13H2,1-4H3. The maximum atomic E-state index is 5.97. The van der Waals surface area contributed by atoms with E-state index in [0.717, 1.165) is 23.5 Å². The molecular formula is C12H21N3. The van der Waals surface area contributed by atoms with Gasteiger partial charge in [-0.1, -0.05) is 12.1 Å². The van der Waals surface area contributed by atoms with Gasteiger partial charge in [-0.25, -0.2) is 0 Å². The van der Waals surface area contributed by atoms with E-state index < -0.39 is 0 Å². The highest BCUT2D eigenvalue weighted by atomic mass is 15.1. The number of rotatable bonds is 4. The van der Waals surface area contributed by atoms with Crippen LogP contribution in [0.3, 0.4) is 0 Å². The zero-order chi connectivity index (χ0) is 11.4. The second-order valence-electron chi connectivity index (χ2n) is 4.23. The van der Waals surface area contributed by atoms with Crippen LogP contribution in [0.4, 0.5) is 11.4 Å². The lowest BCUT2D eigenvalue weighted by Crippen LogP contribution is -2.31. The summed E-state index contributed by atoms with van der Waals surface area (Å²) < 4.78 is 0. The summed E-state index contributed by atoms with van der Waals surface area (Å²) in [4.78, 5) is 2.18. The number of anilines is 2. The Morgan fingerprint density at radius 2 is 2.07 bits per heavy atom. The molecule has 0 fully saturated rings. The Bertz CT molecular complexity index is 321. The molecule has 84 valence electrons. The highest BCUT2D eigenvalue weighted by Crippen LogP contribution is 2.21. The first kappa shape index (κ1) is 11.9. The van der Waals surface area contributed by atoms with E-state index in [4.69, 9.17) is 5.73 Å². The Kier molecular flexibility index (Phi) is 3.97. The van der Waals surface area contributed by atoms with Gasteiger partial charge >= 0.3 is 0 Å². The molecule has 0 spiro atoms. The van der Waals surface area contributed by atoms with Gasteiger partial charge in [0.05, 0.1) is 11.4 Å². The van der Waals surface area contributed by atoms with Gasteiger partial charge in [0.2, 0.25) is 0 Å². The summed E-state index contributed by atoms with van der Waals surface area (Å²) in [5.74, 6) is 0. The van der Waals surface area contributed by atoms with Gasteiger partial charge in [0.15, 0.2) is 0 Å². The van der Waals surface area contributed by atoms with Crippen molar-refractivity contribution < 1.29 is 0 Å². The second-order valence-corrected chi connectivity index (χ2v) is 4.23. The SMILES string of the molecule is Cc1cccc(NCC(C)N(C)C)c1N. The van der Waals surface area contributed by atoms with Crippen LogP contribution in [0.5, 0.6) is 0 Å². The van der Waals surface area contributed by atoms with E-state index in [0.29, 0.717) is 6.04 Å². The summed E-state index contributed by atoms with van der Waals surface area (Å²) in [5, 5.41) is 3.37. The number of nitrogen functional groups attached to an aromatic ring is 1. The molecule has 1 rings (SSSR count). The van der Waals surface area contributed by atoms with Crippen LogP contribution in [0.2, 0.25) is 0 Å². The van der Waals surface area contributed by atoms with Crippen LogP contribution in [0.25, 0.3) is 0 Å². The average molecular weight is 207 g/mol. The molecule has 1 aromatic carbocycles. The van der Waals surface area contributed by atoms with E-state index in [-0.39, 0.29) is 0 Å². The van der Waals surface area contributed by atoms with Crippen LogP contribution in [-0.4, -0.2) is 31.6 Å². The van der Waals surface area contributed by atoms with E-state index >= 15 is 0 Å². The number of hydrogen-bond acceptors (Lipinski definition) is 3. The van der Waals surface area contributed by atoms with Gasteiger partial charge in [-0.15, -0.1) is 0 Å². The minimum atomic E-state index is 0.491. The van der Waals surface area contributed by atoms with Crippen LogP contribution in [0.15, 0.2) is 18.2 Å². The molecule has 0 heterocycles. The van der Waals surface area contributed by atoms with Gasteiger partial charge < -0.3 is 16.0 Å². The summed E-state index contributed by atoms with van der Waals surface area (Å²) in [5.41, 5.74) is 8.97. The molecule has 15 heavy (non-hydrogen) atoms. The van der Waals surface area contributed by atoms with Crippen molar-refractivity contribution in [2.75, 3.05) is 31.7 Å². The number of nitrogens with two attached hydrogens (primary N) is 1. The van der Waals surface area contributed by atoms with Crippen molar-refractivity contribution in [3.05, 3.63) is 23.8 Å². The molecule has 0 aliphatic carbocycles. The van der Waals surface area contributed by atoms with Crippen molar-refractivity contribution >= 4 is 11.4 Å². The number of likely N-dealkylation sites (N-methyl/N-ethyl adjacent to an activating group) is 1. The Morgan fingerprint density at radius 3 is 2.67 bits per heavy atom. The molecule has 1 aromatic rings. The van der Waals surface area contributed by atoms with Gasteiger partial charge in [0.1, 0.15) is 0 Å². The number of para-hydroxylation sites is 1. The average Bonchev–Trinajstić information content (AvgIpc) is 2.19. The van der Waals surface area contributed by atoms with Crippen LogP contribution in [0, 0.1) is 6.92 Å². The second kappa shape index (κ2) is 5.03. The Morgan fingerprint density at radius 1 is 1.40 bits per heavy atom. The van der Waals surface area contributed by atoms with Gasteiger partial charge in [0, 0.05) is 12.6 Å². The number of hydrogen-bond donors (Lipinski definition) is 2. The molecule has 0 bridgehead atoms. The minimum absolute atomic E-state index is 0.491. The van der Waals surface area contributed by atoms with Crippen LogP contribution < -0.4 is 11.1 Å². The van der Waals surface area contributed by atoms with Crippen molar-refractivity contribution in [2.45, 2.75) is 19.9 Å². The Hall–Kier alpha value is -1.22. The molecule has 1 unspecified atom stereocenters. The van der Waals surface area contributed by atoms with Crippen molar-refractivity contribution in [1.29, 1.82) is 0 Å². The Balaban J connectivity index is 2.62. The van der Waals surface area contributed by atoms with E-state index in [1.54, 1.807) is 0 Å². The smallest absolute Gasteiger partial charge is 0.0579 e. The van der Waals surface area contributed by atoms with Crippen molar-refractivity contribution in [1.82, 2.24) is 4.90 Å². The van der Waals surface area contributed by atoms with E-state index in [1.807, 2.05) is 25.1 Å². The molecular weight excluding hydrogens is 186 g/mol. The van der Waals surface area contributed by atoms with Crippen LogP contribution in [-0.2, 0) is 0 Å². The topological polar surface area (TPSA) is 41.3 Å². The first-order valence-electron chi connectivity index (χ1n) is 5.27. The predicted octanol–water partition coefficient (Wildman–Crippen LogP) is 1.94. The fourth-order valence-corrected chi connectivity index (χ4v) is 1.28. The third kappa shape index (κ3) is 3.13. The monoisotopic (exact) mass is 207 g/mol. The normalized spacial score (nSPS) is 12.9. The minimum Gasteiger partial charge on any atom is -0.397 e. The lowest BCUT2D eigenvalue weighted by atomic mass is 10.1. The summed E-state index contributed by atoms with van der Waals surface area (Å²) in [6.07, 6.45) is 0. The van der Waals surface area contributed by atoms with Crippen LogP contribution >= 0.6 is 0 Å². The zero-order valence-corrected chi connectivity index (χ0v) is 10.0. The number of aryl methyl sites for hydroxylation is 1. The molecule has 0 saturated heterocycles. The molecule has 0 saturated carbocycles. The lowest BCUT2D eigenvalue weighted by molar-refractivity contribution is 0.326. The van der Waals surface area contributed by atoms with Gasteiger partial charge in [-0.2, -0.15) is 0 Å². The predicted molar refractivity (Wildman–Crippen MR) is 67.2 cm³/mol. The molecule has 0 amide bonds. The van der Waals surface area contributed by atoms with E-state index in [9.17, 15) is 0 Å². The zero-order valence-electron chi connectivity index (χ0n) is 10.0. The largest absolute Gasteiger partial charge is 0.397 e. The van der Waals surface area contributed by atoms with Gasteiger partial charge in [-0.3, -0.25) is 0 Å². The Labute approximate surface area is 92.3 Å². The molecule has 3 heteroatoms. The lowest BCUT2D eigenvalue weighted by Gasteiger charge is -2.21. The summed E-state index contributed by atoms with van der Waals surface area (Å²) in [6, 6.07) is 6.56. The molecule has 1 atom stereocenters. The van der Waals surface area contributed by atoms with Gasteiger partial charge in [-0.05, 0) is 39.6 Å². The summed E-state index contributed by atoms with van der Waals surface area (Å²) in [7, 11) is 4.15. The first-order chi connectivity index (χ1) is 7.02. The molecule has 3 N–H and O–H groups in total. The third-order valence-corrected chi connectivity index (χ3v) is 2.79. The number of nitrogens with one attached hydrogen (secondary N) is 1. The van der Waals surface area contributed by atoms with E-state index in [2.05, 4.69) is 31.2 Å². The van der Waals surface area contributed by atoms with Crippen LogP contribution in [0.1, 0.15) is 12.5 Å². The highest BCUT2D eigenvalue weighted by Gasteiger charge is 2.05. The molecule has 0 aliphatic heterocycles. The molecule has 0 radical (unpaired) electrons. The maximum absolute atomic E-state index is 5.97. The molecule has 0 aliphatic rings. The summed E-state index contributed by atoms with van der Waals surface area (Å²) in [6.45, 7) is 5.11. The van der Waals surface area contributed by atoms with Gasteiger partial charge in [0.25, 0.3) is 0 Å². The molecule has 0 aromatic heterocycles. The summed E-state index contributed by atoms with van der Waals surface area (Å²) >= 11 is 0. The maximum Gasteiger partial charge on any atom is 0.0579 e. The fraction of sp³-hybridized carbons (Fsp3) is 0.500. The number of benzene rings is 1. The quantitative estimate of drug-likeness (QED) is 0.741. The highest BCUT2D eigenvalue weighted by molar-refractivity contribution is 5.69. The van der Waals surface area contributed by atoms with Crippen molar-refractivity contribution in [3.63, 3.8) is 0 Å². The third-order valence-electron chi connectivity index (χ3n) is 2.79.